The first kappa shape index (κ1) is 22.1. The van der Waals surface area contributed by atoms with Crippen molar-refractivity contribution in [2.45, 2.75) is 25.5 Å². The summed E-state index contributed by atoms with van der Waals surface area (Å²) >= 11 is 0. The highest BCUT2D eigenvalue weighted by Gasteiger charge is 2.38. The quantitative estimate of drug-likeness (QED) is 0.322. The molecule has 0 fully saturated rings. The van der Waals surface area contributed by atoms with Crippen LogP contribution in [0.5, 0.6) is 0 Å². The van der Waals surface area contributed by atoms with Gasteiger partial charge in [0.05, 0.1) is 0 Å². The molecule has 162 valence electrons. The van der Waals surface area contributed by atoms with Gasteiger partial charge in [-0.2, -0.15) is 9.13 Å². The lowest BCUT2D eigenvalue weighted by Crippen LogP contribution is -2.39. The Morgan fingerprint density at radius 1 is 0.812 bits per heavy atom. The van der Waals surface area contributed by atoms with E-state index >= 15 is 0 Å². The van der Waals surface area contributed by atoms with Gasteiger partial charge in [-0.05, 0) is 23.1 Å². The second-order valence-corrected chi connectivity index (χ2v) is 9.49. The van der Waals surface area contributed by atoms with Gasteiger partial charge in [0.15, 0.2) is 24.8 Å². The minimum atomic E-state index is -4.40. The number of nitrogens with zero attached hydrogens (tertiary/aromatic N) is 2. The van der Waals surface area contributed by atoms with Gasteiger partial charge < -0.3 is 9.79 Å². The molecule has 2 N–H and O–H groups in total. The summed E-state index contributed by atoms with van der Waals surface area (Å²) in [7, 11) is -4.40. The zero-order valence-corrected chi connectivity index (χ0v) is 18.8. The van der Waals surface area contributed by atoms with Crippen molar-refractivity contribution in [3.05, 3.63) is 115 Å². The Balaban J connectivity index is 1.59. The summed E-state index contributed by atoms with van der Waals surface area (Å²) in [4.78, 5) is 19.9. The summed E-state index contributed by atoms with van der Waals surface area (Å²) in [6, 6.07) is 25.3. The second-order valence-electron chi connectivity index (χ2n) is 7.82. The average Bonchev–Trinajstić information content (AvgIpc) is 2.80. The van der Waals surface area contributed by atoms with E-state index in [1.165, 1.54) is 5.56 Å². The lowest BCUT2D eigenvalue weighted by atomic mass is 10.1. The van der Waals surface area contributed by atoms with E-state index in [4.69, 9.17) is 0 Å². The molecular weight excluding hydrogens is 419 g/mol. The van der Waals surface area contributed by atoms with E-state index in [9.17, 15) is 14.4 Å². The molecule has 2 aromatic carbocycles. The molecule has 0 spiro atoms. The van der Waals surface area contributed by atoms with Crippen LogP contribution in [0.15, 0.2) is 104 Å². The van der Waals surface area contributed by atoms with Gasteiger partial charge in [-0.3, -0.25) is 4.57 Å². The number of hydrogen-bond donors (Lipinski definition) is 2. The molecule has 0 aliphatic heterocycles. The maximum atomic E-state index is 12.2. The maximum absolute atomic E-state index is 12.2. The minimum Gasteiger partial charge on any atom is -0.320 e. The molecule has 0 bridgehead atoms. The first-order chi connectivity index (χ1) is 15.5. The molecule has 4 rings (SSSR count). The Morgan fingerprint density at radius 2 is 1.44 bits per heavy atom. The molecule has 32 heavy (non-hydrogen) atoms. The van der Waals surface area contributed by atoms with Gasteiger partial charge in [-0.1, -0.05) is 55.8 Å². The second kappa shape index (κ2) is 9.58. The number of benzene rings is 2. The van der Waals surface area contributed by atoms with Gasteiger partial charge in [0.2, 0.25) is 5.69 Å². The summed E-state index contributed by atoms with van der Waals surface area (Å²) in [5, 5.41) is 0. The fraction of sp³-hybridized carbons (Fsp3) is 0.154. The summed E-state index contributed by atoms with van der Waals surface area (Å²) in [6.45, 7) is 2.18. The topological polar surface area (TPSA) is 65.3 Å². The van der Waals surface area contributed by atoms with E-state index in [1.54, 1.807) is 41.2 Å². The zero-order valence-electron chi connectivity index (χ0n) is 18.0. The van der Waals surface area contributed by atoms with Gasteiger partial charge in [-0.25, -0.2) is 0 Å². The Kier molecular flexibility index (Phi) is 6.61. The van der Waals surface area contributed by atoms with Crippen LogP contribution in [0.2, 0.25) is 0 Å². The van der Waals surface area contributed by atoms with Crippen LogP contribution in [-0.4, -0.2) is 9.79 Å². The van der Waals surface area contributed by atoms with E-state index in [2.05, 4.69) is 35.8 Å². The van der Waals surface area contributed by atoms with E-state index in [1.807, 2.05) is 42.7 Å². The number of aryl methyl sites for hydroxylation is 1. The molecular formula is C26H27N2O3P+2. The lowest BCUT2D eigenvalue weighted by molar-refractivity contribution is -0.695. The minimum absolute atomic E-state index is 0.574. The number of pyridine rings is 2. The Morgan fingerprint density at radius 3 is 2.03 bits per heavy atom. The van der Waals surface area contributed by atoms with Crippen molar-refractivity contribution in [2.24, 2.45) is 0 Å². The Hall–Kier alpha value is -3.11. The molecule has 0 radical (unpaired) electrons. The number of hydrogen-bond acceptors (Lipinski definition) is 1. The average molecular weight is 446 g/mol. The van der Waals surface area contributed by atoms with Crippen LogP contribution >= 0.6 is 7.60 Å². The van der Waals surface area contributed by atoms with Crippen LogP contribution in [-0.2, 0) is 11.0 Å². The fourth-order valence-corrected chi connectivity index (χ4v) is 4.97. The molecule has 0 saturated carbocycles. The smallest absolute Gasteiger partial charge is 0.320 e. The first-order valence-corrected chi connectivity index (χ1v) is 12.4. The summed E-state index contributed by atoms with van der Waals surface area (Å²) in [5.74, 6) is -1.05. The van der Waals surface area contributed by atoms with Crippen molar-refractivity contribution in [1.82, 2.24) is 0 Å². The molecule has 0 amide bonds. The van der Waals surface area contributed by atoms with Gasteiger partial charge in [0.1, 0.15) is 0 Å². The first-order valence-electron chi connectivity index (χ1n) is 10.7. The van der Waals surface area contributed by atoms with Gasteiger partial charge in [0.25, 0.3) is 5.78 Å². The third-order valence-corrected chi connectivity index (χ3v) is 6.66. The summed E-state index contributed by atoms with van der Waals surface area (Å²) < 4.78 is 15.9. The van der Waals surface area contributed by atoms with Crippen LogP contribution in [0.4, 0.5) is 0 Å². The highest BCUT2D eigenvalue weighted by Crippen LogP contribution is 2.49. The van der Waals surface area contributed by atoms with E-state index < -0.39 is 13.4 Å². The largest absolute Gasteiger partial charge is 0.398 e. The Bertz CT molecular complexity index is 1220. The number of aromatic nitrogens is 2. The maximum Gasteiger partial charge on any atom is 0.398 e. The standard InChI is InChI=1S/C26H25N2O3P/c1-2-7-21-8-6-11-25(20-21)27-16-12-22(13-17-27)23-14-18-28(19-15-23)26(32(29,30)31)24-9-4-3-5-10-24/h3-6,8-20,26H,2,7H2,1H3/p+2. The van der Waals surface area contributed by atoms with Crippen LogP contribution < -0.4 is 9.13 Å². The molecule has 0 saturated heterocycles. The summed E-state index contributed by atoms with van der Waals surface area (Å²) in [6.07, 6.45) is 9.69. The molecule has 2 aromatic heterocycles. The highest BCUT2D eigenvalue weighted by atomic mass is 31.2. The van der Waals surface area contributed by atoms with E-state index in [-0.39, 0.29) is 0 Å². The van der Waals surface area contributed by atoms with E-state index in [0.29, 0.717) is 5.56 Å². The third-order valence-electron chi connectivity index (χ3n) is 5.46. The van der Waals surface area contributed by atoms with Crippen molar-refractivity contribution in [3.63, 3.8) is 0 Å². The molecule has 1 atom stereocenters. The highest BCUT2D eigenvalue weighted by molar-refractivity contribution is 7.51. The van der Waals surface area contributed by atoms with E-state index in [0.717, 1.165) is 29.7 Å². The molecule has 5 nitrogen and oxygen atoms in total. The van der Waals surface area contributed by atoms with Crippen molar-refractivity contribution in [3.8, 4) is 16.8 Å². The van der Waals surface area contributed by atoms with Crippen LogP contribution in [0.3, 0.4) is 0 Å². The molecule has 2 heterocycles. The molecule has 4 aromatic rings. The number of rotatable bonds is 7. The predicted molar refractivity (Wildman–Crippen MR) is 124 cm³/mol. The molecule has 6 heteroatoms. The van der Waals surface area contributed by atoms with Gasteiger partial charge in [0, 0.05) is 42.0 Å². The van der Waals surface area contributed by atoms with Crippen LogP contribution in [0, 0.1) is 0 Å². The third kappa shape index (κ3) is 5.03. The van der Waals surface area contributed by atoms with Gasteiger partial charge in [-0.15, -0.1) is 0 Å². The predicted octanol–water partition coefficient (Wildman–Crippen LogP) is 4.59. The fourth-order valence-electron chi connectivity index (χ4n) is 3.91. The molecule has 0 aliphatic rings. The summed E-state index contributed by atoms with van der Waals surface area (Å²) in [5.41, 5.74) is 5.04. The molecule has 0 aliphatic carbocycles. The monoisotopic (exact) mass is 446 g/mol. The normalized spacial score (nSPS) is 12.5. The lowest BCUT2D eigenvalue weighted by Gasteiger charge is -2.14. The van der Waals surface area contributed by atoms with Crippen molar-refractivity contribution in [2.75, 3.05) is 0 Å². The zero-order chi connectivity index (χ0) is 22.6. The van der Waals surface area contributed by atoms with Crippen molar-refractivity contribution in [1.29, 1.82) is 0 Å². The van der Waals surface area contributed by atoms with Crippen LogP contribution in [0.25, 0.3) is 16.8 Å². The SMILES string of the molecule is CCCc1cccc(-[n+]2ccc(-c3cc[n+](C(c4ccccc4)P(=O)(O)O)cc3)cc2)c1. The van der Waals surface area contributed by atoms with Crippen molar-refractivity contribution >= 4 is 7.60 Å². The molecule has 1 unspecified atom stereocenters. The Labute approximate surface area is 188 Å². The van der Waals surface area contributed by atoms with Crippen LogP contribution in [0.1, 0.15) is 30.3 Å². The van der Waals surface area contributed by atoms with Gasteiger partial charge >= 0.3 is 7.60 Å². The van der Waals surface area contributed by atoms with Crippen molar-refractivity contribution < 1.29 is 23.5 Å².